The molecule has 3 aromatic rings. The number of esters is 1. The number of carbonyl (C=O) groups is 2. The molecule has 0 fully saturated rings. The van der Waals surface area contributed by atoms with Gasteiger partial charge in [0.25, 0.3) is 0 Å². The van der Waals surface area contributed by atoms with Gasteiger partial charge >= 0.3 is 5.97 Å². The largest absolute Gasteiger partial charge is 0.508 e. The maximum absolute atomic E-state index is 12.4. The third-order valence-corrected chi connectivity index (χ3v) is 3.73. The fraction of sp³-hybridized carbons (Fsp3) is 0.0476. The van der Waals surface area contributed by atoms with E-state index in [-0.39, 0.29) is 18.1 Å². The Balaban J connectivity index is 1.66. The smallest absolute Gasteiger partial charge is 0.338 e. The van der Waals surface area contributed by atoms with Crippen LogP contribution in [0, 0.1) is 0 Å². The van der Waals surface area contributed by atoms with Crippen molar-refractivity contribution in [3.63, 3.8) is 0 Å². The van der Waals surface area contributed by atoms with Crippen LogP contribution in [0.4, 0.5) is 0 Å². The molecule has 0 unspecified atom stereocenters. The molecular weight excluding hydrogens is 316 g/mol. The van der Waals surface area contributed by atoms with Crippen molar-refractivity contribution >= 4 is 11.8 Å². The summed E-state index contributed by atoms with van der Waals surface area (Å²) in [5, 5.41) is 9.28. The molecule has 1 N–H and O–H groups in total. The molecular formula is C21H16O4. The molecule has 0 saturated heterocycles. The van der Waals surface area contributed by atoms with Crippen LogP contribution in [0.3, 0.4) is 0 Å². The Kier molecular flexibility index (Phi) is 4.90. The molecule has 25 heavy (non-hydrogen) atoms. The number of ketones is 1. The number of hydrogen-bond acceptors (Lipinski definition) is 4. The average molecular weight is 332 g/mol. The normalized spacial score (nSPS) is 10.2. The Bertz CT molecular complexity index is 866. The topological polar surface area (TPSA) is 63.6 Å². The van der Waals surface area contributed by atoms with Gasteiger partial charge in [0.05, 0.1) is 5.56 Å². The van der Waals surface area contributed by atoms with Gasteiger partial charge < -0.3 is 9.84 Å². The van der Waals surface area contributed by atoms with Crippen LogP contribution in [0.15, 0.2) is 78.9 Å². The van der Waals surface area contributed by atoms with Gasteiger partial charge in [0.2, 0.25) is 0 Å². The van der Waals surface area contributed by atoms with Crippen LogP contribution < -0.4 is 0 Å². The average Bonchev–Trinajstić information content (AvgIpc) is 2.67. The SMILES string of the molecule is O=C(OCc1ccccc1)c1ccc(C(=O)c2ccc(O)cc2)cc1. The highest BCUT2D eigenvalue weighted by molar-refractivity contribution is 6.09. The van der Waals surface area contributed by atoms with Gasteiger partial charge in [-0.2, -0.15) is 0 Å². The van der Waals surface area contributed by atoms with Gasteiger partial charge in [-0.1, -0.05) is 42.5 Å². The van der Waals surface area contributed by atoms with Crippen molar-refractivity contribution < 1.29 is 19.4 Å². The van der Waals surface area contributed by atoms with Gasteiger partial charge in [-0.15, -0.1) is 0 Å². The fourth-order valence-corrected chi connectivity index (χ4v) is 2.34. The summed E-state index contributed by atoms with van der Waals surface area (Å²) >= 11 is 0. The first-order valence-corrected chi connectivity index (χ1v) is 7.78. The number of benzene rings is 3. The number of ether oxygens (including phenoxy) is 1. The van der Waals surface area contributed by atoms with E-state index < -0.39 is 5.97 Å². The summed E-state index contributed by atoms with van der Waals surface area (Å²) in [5.74, 6) is -0.509. The van der Waals surface area contributed by atoms with Crippen LogP contribution in [0.1, 0.15) is 31.8 Å². The van der Waals surface area contributed by atoms with Crippen LogP contribution >= 0.6 is 0 Å². The van der Waals surface area contributed by atoms with Crippen molar-refractivity contribution in [1.29, 1.82) is 0 Å². The number of aromatic hydroxyl groups is 1. The Morgan fingerprint density at radius 3 is 1.84 bits per heavy atom. The first-order valence-electron chi connectivity index (χ1n) is 7.78. The summed E-state index contributed by atoms with van der Waals surface area (Å²) < 4.78 is 5.26. The maximum atomic E-state index is 12.4. The molecule has 0 saturated carbocycles. The summed E-state index contributed by atoms with van der Waals surface area (Å²) in [4.78, 5) is 24.4. The van der Waals surface area contributed by atoms with Crippen molar-refractivity contribution in [3.05, 3.63) is 101 Å². The fourth-order valence-electron chi connectivity index (χ4n) is 2.34. The first kappa shape index (κ1) is 16.5. The molecule has 0 aromatic heterocycles. The molecule has 0 aliphatic heterocycles. The molecule has 0 heterocycles. The number of hydrogen-bond donors (Lipinski definition) is 1. The van der Waals surface area contributed by atoms with E-state index in [1.54, 1.807) is 36.4 Å². The van der Waals surface area contributed by atoms with E-state index in [0.717, 1.165) is 5.56 Å². The molecule has 3 rings (SSSR count). The summed E-state index contributed by atoms with van der Waals surface area (Å²) in [6, 6.07) is 21.8. The molecule has 0 amide bonds. The quantitative estimate of drug-likeness (QED) is 0.567. The van der Waals surface area contributed by atoms with E-state index >= 15 is 0 Å². The predicted molar refractivity (Wildman–Crippen MR) is 93.5 cm³/mol. The second kappa shape index (κ2) is 7.45. The van der Waals surface area contributed by atoms with Gasteiger partial charge in [0, 0.05) is 11.1 Å². The summed E-state index contributed by atoms with van der Waals surface area (Å²) in [7, 11) is 0. The lowest BCUT2D eigenvalue weighted by molar-refractivity contribution is 0.0472. The highest BCUT2D eigenvalue weighted by atomic mass is 16.5. The highest BCUT2D eigenvalue weighted by Crippen LogP contribution is 2.15. The van der Waals surface area contributed by atoms with Gasteiger partial charge in [0.1, 0.15) is 12.4 Å². The van der Waals surface area contributed by atoms with E-state index in [2.05, 4.69) is 0 Å². The molecule has 4 nitrogen and oxygen atoms in total. The van der Waals surface area contributed by atoms with Crippen LogP contribution in [0.25, 0.3) is 0 Å². The van der Waals surface area contributed by atoms with Gasteiger partial charge in [0.15, 0.2) is 5.78 Å². The third kappa shape index (κ3) is 4.12. The minimum Gasteiger partial charge on any atom is -0.508 e. The molecule has 3 aromatic carbocycles. The zero-order valence-electron chi connectivity index (χ0n) is 13.4. The molecule has 0 atom stereocenters. The maximum Gasteiger partial charge on any atom is 0.338 e. The summed E-state index contributed by atoms with van der Waals surface area (Å²) in [6.45, 7) is 0.202. The highest BCUT2D eigenvalue weighted by Gasteiger charge is 2.12. The number of phenols is 1. The lowest BCUT2D eigenvalue weighted by Crippen LogP contribution is -2.06. The molecule has 0 aliphatic carbocycles. The first-order chi connectivity index (χ1) is 12.1. The monoisotopic (exact) mass is 332 g/mol. The number of rotatable bonds is 5. The second-order valence-electron chi connectivity index (χ2n) is 5.52. The van der Waals surface area contributed by atoms with E-state index in [9.17, 15) is 14.7 Å². The van der Waals surface area contributed by atoms with E-state index in [1.165, 1.54) is 12.1 Å². The predicted octanol–water partition coefficient (Wildman–Crippen LogP) is 3.98. The molecule has 0 spiro atoms. The van der Waals surface area contributed by atoms with Gasteiger partial charge in [-0.25, -0.2) is 4.79 Å². The van der Waals surface area contributed by atoms with Crippen molar-refractivity contribution in [3.8, 4) is 5.75 Å². The minimum absolute atomic E-state index is 0.105. The Morgan fingerprint density at radius 1 is 0.720 bits per heavy atom. The zero-order valence-corrected chi connectivity index (χ0v) is 13.4. The number of carbonyl (C=O) groups excluding carboxylic acids is 2. The van der Waals surface area contributed by atoms with Gasteiger partial charge in [-0.05, 0) is 42.0 Å². The Hall–Kier alpha value is -3.40. The zero-order chi connectivity index (χ0) is 17.6. The van der Waals surface area contributed by atoms with Crippen molar-refractivity contribution in [1.82, 2.24) is 0 Å². The molecule has 0 bridgehead atoms. The Labute approximate surface area is 145 Å². The van der Waals surface area contributed by atoms with Crippen LogP contribution in [0.5, 0.6) is 5.75 Å². The lowest BCUT2D eigenvalue weighted by atomic mass is 10.0. The van der Waals surface area contributed by atoms with Crippen molar-refractivity contribution in [2.45, 2.75) is 6.61 Å². The van der Waals surface area contributed by atoms with Crippen LogP contribution in [-0.4, -0.2) is 16.9 Å². The molecule has 124 valence electrons. The van der Waals surface area contributed by atoms with E-state index in [4.69, 9.17) is 4.74 Å². The Morgan fingerprint density at radius 2 is 1.24 bits per heavy atom. The minimum atomic E-state index is -0.438. The van der Waals surface area contributed by atoms with Crippen LogP contribution in [0.2, 0.25) is 0 Å². The molecule has 0 radical (unpaired) electrons. The summed E-state index contributed by atoms with van der Waals surface area (Å²) in [6.07, 6.45) is 0. The van der Waals surface area contributed by atoms with E-state index in [1.807, 2.05) is 30.3 Å². The lowest BCUT2D eigenvalue weighted by Gasteiger charge is -2.06. The molecule has 4 heteroatoms. The third-order valence-electron chi connectivity index (χ3n) is 3.73. The standard InChI is InChI=1S/C21H16O4/c22-19-12-10-17(11-13-19)20(23)16-6-8-18(9-7-16)21(24)25-14-15-4-2-1-3-5-15/h1-13,22H,14H2. The summed E-state index contributed by atoms with van der Waals surface area (Å²) in [5.41, 5.74) is 2.23. The van der Waals surface area contributed by atoms with Crippen molar-refractivity contribution in [2.75, 3.05) is 0 Å². The second-order valence-corrected chi connectivity index (χ2v) is 5.52. The number of phenolic OH excluding ortho intramolecular Hbond substituents is 1. The molecule has 0 aliphatic rings. The van der Waals surface area contributed by atoms with E-state index in [0.29, 0.717) is 16.7 Å². The van der Waals surface area contributed by atoms with Gasteiger partial charge in [-0.3, -0.25) is 4.79 Å². The van der Waals surface area contributed by atoms with Crippen LogP contribution in [-0.2, 0) is 11.3 Å². The van der Waals surface area contributed by atoms with Crippen molar-refractivity contribution in [2.24, 2.45) is 0 Å².